The number of anilines is 1. The smallest absolute Gasteiger partial charge is 0.151 e. The monoisotopic (exact) mass is 270 g/mol. The summed E-state index contributed by atoms with van der Waals surface area (Å²) in [6.45, 7) is 2.12. The van der Waals surface area contributed by atoms with Gasteiger partial charge < -0.3 is 9.32 Å². The standard InChI is InChI=1S/C15H18N4O/c1-18-12-2-3-13(18)9-19(8-12)15-5-4-14(16-17-15)11-6-7-20-10-11/h4-7,10,12-13H,2-3,8-9H2,1H3. The number of rotatable bonds is 2. The minimum atomic E-state index is 0.670. The fraction of sp³-hybridized carbons (Fsp3) is 0.467. The molecule has 2 aromatic rings. The molecule has 2 fully saturated rings. The lowest BCUT2D eigenvalue weighted by Crippen LogP contribution is -2.52. The third-order valence-corrected chi connectivity index (χ3v) is 4.64. The number of aromatic nitrogens is 2. The van der Waals surface area contributed by atoms with Crippen molar-refractivity contribution >= 4 is 5.82 Å². The van der Waals surface area contributed by atoms with E-state index in [9.17, 15) is 0 Å². The van der Waals surface area contributed by atoms with Crippen LogP contribution in [0.2, 0.25) is 0 Å². The van der Waals surface area contributed by atoms with Gasteiger partial charge in [0.25, 0.3) is 0 Å². The van der Waals surface area contributed by atoms with Gasteiger partial charge in [0.2, 0.25) is 0 Å². The van der Waals surface area contributed by atoms with E-state index in [0.717, 1.165) is 30.2 Å². The molecule has 2 unspecified atom stereocenters. The Morgan fingerprint density at radius 1 is 1.10 bits per heavy atom. The van der Waals surface area contributed by atoms with E-state index in [2.05, 4.69) is 33.1 Å². The molecule has 0 aliphatic carbocycles. The van der Waals surface area contributed by atoms with E-state index < -0.39 is 0 Å². The van der Waals surface area contributed by atoms with Crippen LogP contribution in [0.25, 0.3) is 11.3 Å². The summed E-state index contributed by atoms with van der Waals surface area (Å²) in [7, 11) is 2.24. The van der Waals surface area contributed by atoms with Crippen LogP contribution in [0.3, 0.4) is 0 Å². The van der Waals surface area contributed by atoms with E-state index in [1.54, 1.807) is 12.5 Å². The van der Waals surface area contributed by atoms with Crippen LogP contribution in [-0.4, -0.2) is 47.3 Å². The maximum absolute atomic E-state index is 5.08. The van der Waals surface area contributed by atoms with Gasteiger partial charge in [-0.05, 0) is 38.1 Å². The van der Waals surface area contributed by atoms with Crippen LogP contribution in [0.5, 0.6) is 0 Å². The van der Waals surface area contributed by atoms with Crippen molar-refractivity contribution in [3.8, 4) is 11.3 Å². The van der Waals surface area contributed by atoms with Crippen molar-refractivity contribution in [1.29, 1.82) is 0 Å². The third-order valence-electron chi connectivity index (χ3n) is 4.64. The molecule has 0 N–H and O–H groups in total. The number of hydrogen-bond acceptors (Lipinski definition) is 5. The lowest BCUT2D eigenvalue weighted by Gasteiger charge is -2.39. The van der Waals surface area contributed by atoms with Crippen LogP contribution < -0.4 is 4.90 Å². The Hall–Kier alpha value is -1.88. The topological polar surface area (TPSA) is 45.4 Å². The first-order valence-corrected chi connectivity index (χ1v) is 7.14. The molecule has 0 saturated carbocycles. The van der Waals surface area contributed by atoms with Gasteiger partial charge >= 0.3 is 0 Å². The van der Waals surface area contributed by atoms with E-state index in [4.69, 9.17) is 4.42 Å². The molecule has 2 saturated heterocycles. The van der Waals surface area contributed by atoms with Crippen molar-refractivity contribution < 1.29 is 4.42 Å². The quantitative estimate of drug-likeness (QED) is 0.835. The van der Waals surface area contributed by atoms with Crippen molar-refractivity contribution in [2.75, 3.05) is 25.0 Å². The van der Waals surface area contributed by atoms with Gasteiger partial charge in [0.05, 0.1) is 18.2 Å². The van der Waals surface area contributed by atoms with Gasteiger partial charge in [0.1, 0.15) is 0 Å². The molecule has 0 amide bonds. The number of nitrogens with zero attached hydrogens (tertiary/aromatic N) is 4. The van der Waals surface area contributed by atoms with Crippen LogP contribution in [0.4, 0.5) is 5.82 Å². The summed E-state index contributed by atoms with van der Waals surface area (Å²) < 4.78 is 5.08. The highest BCUT2D eigenvalue weighted by Crippen LogP contribution is 2.30. The van der Waals surface area contributed by atoms with Crippen LogP contribution in [0.1, 0.15) is 12.8 Å². The molecule has 2 aromatic heterocycles. The second-order valence-corrected chi connectivity index (χ2v) is 5.74. The Balaban J connectivity index is 1.55. The average molecular weight is 270 g/mol. The minimum Gasteiger partial charge on any atom is -0.472 e. The molecule has 20 heavy (non-hydrogen) atoms. The molecule has 0 spiro atoms. The molecular weight excluding hydrogens is 252 g/mol. The molecule has 5 nitrogen and oxygen atoms in total. The van der Waals surface area contributed by atoms with Crippen LogP contribution in [-0.2, 0) is 0 Å². The van der Waals surface area contributed by atoms with Crippen molar-refractivity contribution in [1.82, 2.24) is 15.1 Å². The lowest BCUT2D eigenvalue weighted by molar-refractivity contribution is 0.211. The fourth-order valence-corrected chi connectivity index (χ4v) is 3.36. The lowest BCUT2D eigenvalue weighted by atomic mass is 10.2. The van der Waals surface area contributed by atoms with E-state index in [1.807, 2.05) is 12.1 Å². The highest BCUT2D eigenvalue weighted by atomic mass is 16.3. The number of piperazine rings is 1. The van der Waals surface area contributed by atoms with E-state index in [0.29, 0.717) is 12.1 Å². The summed E-state index contributed by atoms with van der Waals surface area (Å²) in [6, 6.07) is 7.33. The molecule has 2 aliphatic heterocycles. The van der Waals surface area contributed by atoms with E-state index in [-0.39, 0.29) is 0 Å². The zero-order chi connectivity index (χ0) is 13.5. The zero-order valence-corrected chi connectivity index (χ0v) is 11.6. The third kappa shape index (κ3) is 1.89. The average Bonchev–Trinajstić information content (AvgIpc) is 3.06. The van der Waals surface area contributed by atoms with Crippen molar-refractivity contribution in [2.45, 2.75) is 24.9 Å². The summed E-state index contributed by atoms with van der Waals surface area (Å²) in [5, 5.41) is 8.72. The van der Waals surface area contributed by atoms with Crippen LogP contribution in [0, 0.1) is 0 Å². The Morgan fingerprint density at radius 2 is 1.90 bits per heavy atom. The summed E-state index contributed by atoms with van der Waals surface area (Å²) in [5.41, 5.74) is 1.84. The maximum Gasteiger partial charge on any atom is 0.151 e. The first-order chi connectivity index (χ1) is 9.81. The second kappa shape index (κ2) is 4.59. The van der Waals surface area contributed by atoms with Gasteiger partial charge in [-0.2, -0.15) is 0 Å². The van der Waals surface area contributed by atoms with Gasteiger partial charge in [-0.3, -0.25) is 4.90 Å². The second-order valence-electron chi connectivity index (χ2n) is 5.74. The normalized spacial score (nSPS) is 26.1. The van der Waals surface area contributed by atoms with Crippen LogP contribution in [0.15, 0.2) is 35.1 Å². The van der Waals surface area contributed by atoms with E-state index in [1.165, 1.54) is 12.8 Å². The van der Waals surface area contributed by atoms with Gasteiger partial charge in [-0.1, -0.05) is 0 Å². The first kappa shape index (κ1) is 11.9. The van der Waals surface area contributed by atoms with Gasteiger partial charge in [-0.25, -0.2) is 0 Å². The minimum absolute atomic E-state index is 0.670. The fourth-order valence-electron chi connectivity index (χ4n) is 3.36. The molecule has 0 radical (unpaired) electrons. The van der Waals surface area contributed by atoms with Gasteiger partial charge in [0.15, 0.2) is 5.82 Å². The molecule has 0 aromatic carbocycles. The number of likely N-dealkylation sites (N-methyl/N-ethyl adjacent to an activating group) is 1. The van der Waals surface area contributed by atoms with Crippen molar-refractivity contribution in [3.63, 3.8) is 0 Å². The molecule has 2 atom stereocenters. The highest BCUT2D eigenvalue weighted by Gasteiger charge is 2.37. The molecule has 4 rings (SSSR count). The van der Waals surface area contributed by atoms with Gasteiger partial charge in [-0.15, -0.1) is 10.2 Å². The Bertz CT molecular complexity index is 566. The summed E-state index contributed by atoms with van der Waals surface area (Å²) in [4.78, 5) is 4.89. The molecule has 5 heteroatoms. The van der Waals surface area contributed by atoms with Crippen molar-refractivity contribution in [2.24, 2.45) is 0 Å². The van der Waals surface area contributed by atoms with E-state index >= 15 is 0 Å². The Labute approximate surface area is 118 Å². The van der Waals surface area contributed by atoms with Crippen LogP contribution >= 0.6 is 0 Å². The number of hydrogen-bond donors (Lipinski definition) is 0. The van der Waals surface area contributed by atoms with Crippen molar-refractivity contribution in [3.05, 3.63) is 30.7 Å². The summed E-state index contributed by atoms with van der Waals surface area (Å²) in [5.74, 6) is 0.988. The predicted octanol–water partition coefficient (Wildman–Crippen LogP) is 2.02. The van der Waals surface area contributed by atoms with Gasteiger partial charge in [0, 0.05) is 30.7 Å². The molecule has 104 valence electrons. The molecular formula is C15H18N4O. The zero-order valence-electron chi connectivity index (χ0n) is 11.6. The first-order valence-electron chi connectivity index (χ1n) is 7.14. The molecule has 2 bridgehead atoms. The maximum atomic E-state index is 5.08. The molecule has 2 aliphatic rings. The Kier molecular flexibility index (Phi) is 2.73. The summed E-state index contributed by atoms with van der Waals surface area (Å²) >= 11 is 0. The SMILES string of the molecule is CN1C2CCC1CN(c1ccc(-c3ccoc3)nn1)C2. The number of furan rings is 1. The predicted molar refractivity (Wildman–Crippen MR) is 76.5 cm³/mol. The molecule has 4 heterocycles. The highest BCUT2D eigenvalue weighted by molar-refractivity contribution is 5.58. The largest absolute Gasteiger partial charge is 0.472 e. The summed E-state index contributed by atoms with van der Waals surface area (Å²) in [6.07, 6.45) is 5.96. The number of fused-ring (bicyclic) bond motifs is 2. The Morgan fingerprint density at radius 3 is 2.50 bits per heavy atom.